The summed E-state index contributed by atoms with van der Waals surface area (Å²) in [6.45, 7) is 5.01. The van der Waals surface area contributed by atoms with Crippen LogP contribution in [0.15, 0.2) is 30.3 Å². The second-order valence-corrected chi connectivity index (χ2v) is 7.14. The van der Waals surface area contributed by atoms with Crippen LogP contribution in [0.3, 0.4) is 0 Å². The van der Waals surface area contributed by atoms with E-state index in [4.69, 9.17) is 4.74 Å². The summed E-state index contributed by atoms with van der Waals surface area (Å²) in [4.78, 5) is 26.7. The molecular formula is C19H26N2O3. The van der Waals surface area contributed by atoms with Gasteiger partial charge in [-0.15, -0.1) is 0 Å². The zero-order chi connectivity index (χ0) is 17.2. The topological polar surface area (TPSA) is 58.6 Å². The SMILES string of the molecule is COC(=O)C1(C(=O)N[C@@H]2CCN(Cc3ccccc3)C[C@@H]2C)CC1. The van der Waals surface area contributed by atoms with Crippen LogP contribution in [0.25, 0.3) is 0 Å². The summed E-state index contributed by atoms with van der Waals surface area (Å²) in [5, 5.41) is 3.10. The quantitative estimate of drug-likeness (QED) is 0.662. The van der Waals surface area contributed by atoms with E-state index in [1.54, 1.807) is 0 Å². The molecule has 0 unspecified atom stereocenters. The smallest absolute Gasteiger partial charge is 0.321 e. The predicted octanol–water partition coefficient (Wildman–Crippen LogP) is 1.97. The molecule has 0 radical (unpaired) electrons. The summed E-state index contributed by atoms with van der Waals surface area (Å²) in [6.07, 6.45) is 2.12. The molecule has 2 aliphatic rings. The van der Waals surface area contributed by atoms with Gasteiger partial charge in [0.2, 0.25) is 5.91 Å². The van der Waals surface area contributed by atoms with Gasteiger partial charge in [-0.25, -0.2) is 0 Å². The zero-order valence-corrected chi connectivity index (χ0v) is 14.5. The molecule has 2 fully saturated rings. The first kappa shape index (κ1) is 17.0. The minimum Gasteiger partial charge on any atom is -0.468 e. The van der Waals surface area contributed by atoms with Crippen molar-refractivity contribution in [1.29, 1.82) is 0 Å². The number of hydrogen-bond acceptors (Lipinski definition) is 4. The molecule has 24 heavy (non-hydrogen) atoms. The molecule has 1 aromatic carbocycles. The number of carbonyl (C=O) groups is 2. The molecule has 5 nitrogen and oxygen atoms in total. The fourth-order valence-electron chi connectivity index (χ4n) is 3.58. The summed E-state index contributed by atoms with van der Waals surface area (Å²) < 4.78 is 4.79. The first-order valence-corrected chi connectivity index (χ1v) is 8.71. The molecule has 0 spiro atoms. The Morgan fingerprint density at radius 2 is 2.00 bits per heavy atom. The van der Waals surface area contributed by atoms with E-state index in [0.717, 1.165) is 26.1 Å². The Bertz CT molecular complexity index is 598. The summed E-state index contributed by atoms with van der Waals surface area (Å²) in [5.74, 6) is -0.184. The third-order valence-corrected chi connectivity index (χ3v) is 5.32. The van der Waals surface area contributed by atoms with Crippen LogP contribution in [0.4, 0.5) is 0 Å². The van der Waals surface area contributed by atoms with Gasteiger partial charge in [-0.2, -0.15) is 0 Å². The predicted molar refractivity (Wildman–Crippen MR) is 91.1 cm³/mol. The van der Waals surface area contributed by atoms with E-state index in [-0.39, 0.29) is 11.9 Å². The fraction of sp³-hybridized carbons (Fsp3) is 0.579. The number of hydrogen-bond donors (Lipinski definition) is 1. The van der Waals surface area contributed by atoms with Gasteiger partial charge in [0.1, 0.15) is 5.41 Å². The van der Waals surface area contributed by atoms with E-state index in [1.807, 2.05) is 6.07 Å². The van der Waals surface area contributed by atoms with Crippen molar-refractivity contribution in [3.05, 3.63) is 35.9 Å². The molecule has 0 bridgehead atoms. The van der Waals surface area contributed by atoms with Gasteiger partial charge in [-0.05, 0) is 30.7 Å². The van der Waals surface area contributed by atoms with Crippen LogP contribution in [0, 0.1) is 11.3 Å². The van der Waals surface area contributed by atoms with Crippen molar-refractivity contribution in [3.8, 4) is 0 Å². The van der Waals surface area contributed by atoms with Gasteiger partial charge >= 0.3 is 5.97 Å². The van der Waals surface area contributed by atoms with E-state index in [9.17, 15) is 9.59 Å². The van der Waals surface area contributed by atoms with Crippen LogP contribution >= 0.6 is 0 Å². The van der Waals surface area contributed by atoms with Gasteiger partial charge in [0.05, 0.1) is 7.11 Å². The Labute approximate surface area is 143 Å². The molecule has 3 rings (SSSR count). The second kappa shape index (κ2) is 6.93. The third-order valence-electron chi connectivity index (χ3n) is 5.32. The summed E-state index contributed by atoms with van der Waals surface area (Å²) in [5.41, 5.74) is 0.408. The third kappa shape index (κ3) is 3.46. The lowest BCUT2D eigenvalue weighted by Gasteiger charge is -2.37. The number of nitrogens with zero attached hydrogens (tertiary/aromatic N) is 1. The van der Waals surface area contributed by atoms with Crippen molar-refractivity contribution in [2.45, 2.75) is 38.8 Å². The van der Waals surface area contributed by atoms with Crippen LogP contribution < -0.4 is 5.32 Å². The number of rotatable bonds is 5. The molecule has 5 heteroatoms. The fourth-order valence-corrected chi connectivity index (χ4v) is 3.58. The van der Waals surface area contributed by atoms with E-state index in [0.29, 0.717) is 18.8 Å². The molecule has 1 aliphatic heterocycles. The Morgan fingerprint density at radius 3 is 2.58 bits per heavy atom. The Kier molecular flexibility index (Phi) is 4.90. The number of nitrogens with one attached hydrogen (secondary N) is 1. The molecule has 1 amide bonds. The van der Waals surface area contributed by atoms with Gasteiger partial charge in [-0.3, -0.25) is 14.5 Å². The Hall–Kier alpha value is -1.88. The van der Waals surface area contributed by atoms with E-state index in [2.05, 4.69) is 41.4 Å². The minimum absolute atomic E-state index is 0.131. The lowest BCUT2D eigenvalue weighted by atomic mass is 9.92. The first-order valence-electron chi connectivity index (χ1n) is 8.71. The van der Waals surface area contributed by atoms with Crippen molar-refractivity contribution in [2.24, 2.45) is 11.3 Å². The van der Waals surface area contributed by atoms with Crippen LogP contribution in [0.2, 0.25) is 0 Å². The van der Waals surface area contributed by atoms with Gasteiger partial charge in [0, 0.05) is 25.7 Å². The zero-order valence-electron chi connectivity index (χ0n) is 14.5. The van der Waals surface area contributed by atoms with Crippen molar-refractivity contribution < 1.29 is 14.3 Å². The van der Waals surface area contributed by atoms with Crippen molar-refractivity contribution >= 4 is 11.9 Å². The molecule has 1 aromatic rings. The number of likely N-dealkylation sites (tertiary alicyclic amines) is 1. The highest BCUT2D eigenvalue weighted by Crippen LogP contribution is 2.47. The van der Waals surface area contributed by atoms with Gasteiger partial charge in [0.25, 0.3) is 0 Å². The highest BCUT2D eigenvalue weighted by atomic mass is 16.5. The average Bonchev–Trinajstić information content (AvgIpc) is 3.39. The van der Waals surface area contributed by atoms with Crippen LogP contribution in [0.1, 0.15) is 31.7 Å². The number of ether oxygens (including phenoxy) is 1. The Balaban J connectivity index is 1.53. The van der Waals surface area contributed by atoms with E-state index >= 15 is 0 Å². The number of methoxy groups -OCH3 is 1. The minimum atomic E-state index is -0.907. The maximum absolute atomic E-state index is 12.5. The summed E-state index contributed by atoms with van der Waals surface area (Å²) in [6, 6.07) is 10.6. The highest BCUT2D eigenvalue weighted by Gasteiger charge is 2.58. The molecule has 1 heterocycles. The number of esters is 1. The molecular weight excluding hydrogens is 304 g/mol. The molecule has 1 saturated heterocycles. The molecule has 1 aliphatic carbocycles. The molecule has 0 aromatic heterocycles. The molecule has 130 valence electrons. The van der Waals surface area contributed by atoms with Crippen LogP contribution in [-0.2, 0) is 20.9 Å². The van der Waals surface area contributed by atoms with E-state index < -0.39 is 11.4 Å². The maximum atomic E-state index is 12.5. The standard InChI is InChI=1S/C19H26N2O3/c1-14-12-21(13-15-6-4-3-5-7-15)11-8-16(14)20-17(22)19(9-10-19)18(23)24-2/h3-7,14,16H,8-13H2,1-2H3,(H,20,22)/t14-,16+/m0/s1. The first-order chi connectivity index (χ1) is 11.5. The average molecular weight is 330 g/mol. The van der Waals surface area contributed by atoms with Crippen molar-refractivity contribution in [2.75, 3.05) is 20.2 Å². The molecule has 1 saturated carbocycles. The summed E-state index contributed by atoms with van der Waals surface area (Å²) >= 11 is 0. The van der Waals surface area contributed by atoms with Gasteiger partial charge < -0.3 is 10.1 Å². The maximum Gasteiger partial charge on any atom is 0.321 e. The van der Waals surface area contributed by atoms with Gasteiger partial charge in [-0.1, -0.05) is 37.3 Å². The highest BCUT2D eigenvalue weighted by molar-refractivity contribution is 6.05. The number of piperidine rings is 1. The summed E-state index contributed by atoms with van der Waals surface area (Å²) in [7, 11) is 1.35. The second-order valence-electron chi connectivity index (χ2n) is 7.14. The lowest BCUT2D eigenvalue weighted by molar-refractivity contribution is -0.152. The van der Waals surface area contributed by atoms with Crippen molar-refractivity contribution in [1.82, 2.24) is 10.2 Å². The molecule has 1 N–H and O–H groups in total. The number of benzene rings is 1. The number of amides is 1. The Morgan fingerprint density at radius 1 is 1.29 bits per heavy atom. The van der Waals surface area contributed by atoms with Crippen LogP contribution in [-0.4, -0.2) is 43.0 Å². The number of carbonyl (C=O) groups excluding carboxylic acids is 2. The largest absolute Gasteiger partial charge is 0.468 e. The van der Waals surface area contributed by atoms with Crippen molar-refractivity contribution in [3.63, 3.8) is 0 Å². The lowest BCUT2D eigenvalue weighted by Crippen LogP contribution is -2.52. The molecule has 2 atom stereocenters. The van der Waals surface area contributed by atoms with Gasteiger partial charge in [0.15, 0.2) is 0 Å². The normalized spacial score (nSPS) is 25.8. The monoisotopic (exact) mass is 330 g/mol. The van der Waals surface area contributed by atoms with E-state index in [1.165, 1.54) is 12.7 Å². The van der Waals surface area contributed by atoms with Crippen LogP contribution in [0.5, 0.6) is 0 Å².